The first-order chi connectivity index (χ1) is 17.7. The molecular weight excluding hydrogens is 452 g/mol. The first kappa shape index (κ1) is 23.9. The zero-order valence-electron chi connectivity index (χ0n) is 20.9. The van der Waals surface area contributed by atoms with E-state index in [9.17, 15) is 4.79 Å². The van der Waals surface area contributed by atoms with Crippen LogP contribution in [0, 0.1) is 11.8 Å². The van der Waals surface area contributed by atoms with Gasteiger partial charge in [0.05, 0.1) is 26.5 Å². The molecule has 1 saturated carbocycles. The summed E-state index contributed by atoms with van der Waals surface area (Å²) in [7, 11) is 3.27. The van der Waals surface area contributed by atoms with Gasteiger partial charge in [-0.1, -0.05) is 55.3 Å². The lowest BCUT2D eigenvalue weighted by Crippen LogP contribution is -2.45. The molecule has 0 bridgehead atoms. The molecule has 3 aromatic rings. The highest BCUT2D eigenvalue weighted by molar-refractivity contribution is 6.07. The Morgan fingerprint density at radius 3 is 2.36 bits per heavy atom. The van der Waals surface area contributed by atoms with Crippen molar-refractivity contribution in [2.45, 2.75) is 38.8 Å². The molecule has 5 rings (SSSR count). The number of carbonyl (C=O) groups is 1. The molecule has 0 N–H and O–H groups in total. The minimum absolute atomic E-state index is 0.0446. The lowest BCUT2D eigenvalue weighted by atomic mass is 9.73. The highest BCUT2D eigenvalue weighted by Crippen LogP contribution is 2.39. The van der Waals surface area contributed by atoms with Gasteiger partial charge < -0.3 is 14.2 Å². The van der Waals surface area contributed by atoms with Gasteiger partial charge in [0.2, 0.25) is 5.91 Å². The second kappa shape index (κ2) is 10.9. The van der Waals surface area contributed by atoms with Gasteiger partial charge in [0.15, 0.2) is 11.5 Å². The van der Waals surface area contributed by atoms with Gasteiger partial charge in [-0.15, -0.1) is 0 Å². The zero-order chi connectivity index (χ0) is 24.9. The van der Waals surface area contributed by atoms with Crippen LogP contribution >= 0.6 is 0 Å². The van der Waals surface area contributed by atoms with Crippen molar-refractivity contribution in [1.82, 2.24) is 5.01 Å². The van der Waals surface area contributed by atoms with E-state index in [1.165, 1.54) is 0 Å². The molecular formula is C30H32N2O4. The molecule has 0 aromatic heterocycles. The molecule has 1 aliphatic carbocycles. The minimum atomic E-state index is -0.0446. The van der Waals surface area contributed by atoms with Crippen LogP contribution in [0.2, 0.25) is 0 Å². The van der Waals surface area contributed by atoms with E-state index in [1.54, 1.807) is 19.2 Å². The monoisotopic (exact) mass is 484 g/mol. The fraction of sp³-hybridized carbons (Fsp3) is 0.333. The van der Waals surface area contributed by atoms with Gasteiger partial charge >= 0.3 is 0 Å². The molecule has 2 aliphatic rings. The third-order valence-corrected chi connectivity index (χ3v) is 7.08. The molecule has 0 radical (unpaired) electrons. The normalized spacial score (nSPS) is 19.3. The number of hydrogen-bond acceptors (Lipinski definition) is 5. The number of ether oxygens (including phenoxy) is 3. The Hall–Kier alpha value is -3.80. The first-order valence-electron chi connectivity index (χ1n) is 12.5. The maximum atomic E-state index is 13.5. The first-order valence-corrected chi connectivity index (χ1v) is 12.5. The minimum Gasteiger partial charge on any atom is -0.493 e. The second-order valence-electron chi connectivity index (χ2n) is 9.37. The van der Waals surface area contributed by atoms with Crippen molar-refractivity contribution >= 4 is 11.6 Å². The number of carbonyl (C=O) groups excluding carboxylic acids is 1. The molecule has 0 spiro atoms. The van der Waals surface area contributed by atoms with Gasteiger partial charge in [-0.3, -0.25) is 4.79 Å². The van der Waals surface area contributed by atoms with Crippen LogP contribution < -0.4 is 14.2 Å². The number of benzene rings is 3. The maximum absolute atomic E-state index is 13.5. The average molecular weight is 485 g/mol. The summed E-state index contributed by atoms with van der Waals surface area (Å²) in [6, 6.07) is 23.9. The topological polar surface area (TPSA) is 60.4 Å². The van der Waals surface area contributed by atoms with Gasteiger partial charge in [0.1, 0.15) is 12.4 Å². The molecule has 36 heavy (non-hydrogen) atoms. The molecule has 1 heterocycles. The van der Waals surface area contributed by atoms with Crippen molar-refractivity contribution < 1.29 is 19.0 Å². The third-order valence-electron chi connectivity index (χ3n) is 7.08. The van der Waals surface area contributed by atoms with Crippen molar-refractivity contribution in [2.75, 3.05) is 14.2 Å². The summed E-state index contributed by atoms with van der Waals surface area (Å²) in [6.45, 7) is 0.902. The molecule has 186 valence electrons. The molecule has 2 atom stereocenters. The second-order valence-corrected chi connectivity index (χ2v) is 9.37. The van der Waals surface area contributed by atoms with Gasteiger partial charge in [0, 0.05) is 17.4 Å². The standard InChI is InChI=1S/C30H32N2O4/c1-34-27-16-15-23(18-28(27)35-2)29-25-13-6-7-14-26(25)30(33)32(31-29)19-22-11-8-12-24(17-22)36-20-21-9-4-3-5-10-21/h3-5,8-12,15-18,25-26H,6-7,13-14,19-20H2,1-2H3. The Morgan fingerprint density at radius 1 is 0.833 bits per heavy atom. The molecule has 6 heteroatoms. The average Bonchev–Trinajstić information content (AvgIpc) is 2.94. The predicted molar refractivity (Wildman–Crippen MR) is 139 cm³/mol. The van der Waals surface area contributed by atoms with E-state index in [-0.39, 0.29) is 17.7 Å². The van der Waals surface area contributed by atoms with E-state index in [1.807, 2.05) is 72.8 Å². The Bertz CT molecular complexity index is 1240. The number of hydrogen-bond donors (Lipinski definition) is 0. The van der Waals surface area contributed by atoms with Gasteiger partial charge in [-0.25, -0.2) is 5.01 Å². The zero-order valence-corrected chi connectivity index (χ0v) is 20.9. The lowest BCUT2D eigenvalue weighted by Gasteiger charge is -2.38. The number of hydrazone groups is 1. The summed E-state index contributed by atoms with van der Waals surface area (Å²) in [5.41, 5.74) is 4.03. The van der Waals surface area contributed by atoms with E-state index in [4.69, 9.17) is 19.3 Å². The van der Waals surface area contributed by atoms with E-state index in [2.05, 4.69) is 0 Å². The summed E-state index contributed by atoms with van der Waals surface area (Å²) in [4.78, 5) is 13.5. The fourth-order valence-corrected chi connectivity index (χ4v) is 5.23. The van der Waals surface area contributed by atoms with Crippen LogP contribution in [-0.4, -0.2) is 30.8 Å². The summed E-state index contributed by atoms with van der Waals surface area (Å²) in [5.74, 6) is 2.31. The van der Waals surface area contributed by atoms with Crippen molar-refractivity contribution in [3.05, 3.63) is 89.5 Å². The van der Waals surface area contributed by atoms with E-state index in [0.29, 0.717) is 24.7 Å². The smallest absolute Gasteiger partial charge is 0.246 e. The van der Waals surface area contributed by atoms with Crippen molar-refractivity contribution in [2.24, 2.45) is 16.9 Å². The molecule has 2 unspecified atom stereocenters. The van der Waals surface area contributed by atoms with Gasteiger partial charge in [-0.2, -0.15) is 5.10 Å². The van der Waals surface area contributed by atoms with Crippen LogP contribution in [0.4, 0.5) is 0 Å². The predicted octanol–water partition coefficient (Wildman–Crippen LogP) is 5.84. The molecule has 1 amide bonds. The Kier molecular flexibility index (Phi) is 7.21. The molecule has 1 aliphatic heterocycles. The third kappa shape index (κ3) is 5.08. The number of nitrogens with zero attached hydrogens (tertiary/aromatic N) is 2. The number of amides is 1. The van der Waals surface area contributed by atoms with Crippen molar-refractivity contribution in [1.29, 1.82) is 0 Å². The lowest BCUT2D eigenvalue weighted by molar-refractivity contribution is -0.139. The van der Waals surface area contributed by atoms with Crippen LogP contribution in [0.5, 0.6) is 17.2 Å². The van der Waals surface area contributed by atoms with Crippen LogP contribution in [0.25, 0.3) is 0 Å². The Morgan fingerprint density at radius 2 is 1.58 bits per heavy atom. The summed E-state index contributed by atoms with van der Waals surface area (Å²) in [5, 5.41) is 6.58. The van der Waals surface area contributed by atoms with Crippen LogP contribution in [0.15, 0.2) is 77.9 Å². The molecule has 6 nitrogen and oxygen atoms in total. The van der Waals surface area contributed by atoms with Gasteiger partial charge in [0.25, 0.3) is 0 Å². The molecule has 3 aromatic carbocycles. The number of fused-ring (bicyclic) bond motifs is 1. The molecule has 1 fully saturated rings. The summed E-state index contributed by atoms with van der Waals surface area (Å²) < 4.78 is 17.0. The quantitative estimate of drug-likeness (QED) is 0.403. The highest BCUT2D eigenvalue weighted by atomic mass is 16.5. The molecule has 0 saturated heterocycles. The maximum Gasteiger partial charge on any atom is 0.246 e. The highest BCUT2D eigenvalue weighted by Gasteiger charge is 2.41. The SMILES string of the molecule is COc1ccc(C2=NN(Cc3cccc(OCc4ccccc4)c3)C(=O)C3CCCCC23)cc1OC. The van der Waals surface area contributed by atoms with Crippen molar-refractivity contribution in [3.8, 4) is 17.2 Å². The van der Waals surface area contributed by atoms with E-state index >= 15 is 0 Å². The number of methoxy groups -OCH3 is 2. The number of rotatable bonds is 8. The van der Waals surface area contributed by atoms with E-state index < -0.39 is 0 Å². The Balaban J connectivity index is 1.41. The van der Waals surface area contributed by atoms with Crippen molar-refractivity contribution in [3.63, 3.8) is 0 Å². The van der Waals surface area contributed by atoms with Crippen LogP contribution in [-0.2, 0) is 17.9 Å². The van der Waals surface area contributed by atoms with Crippen LogP contribution in [0.3, 0.4) is 0 Å². The van der Waals surface area contributed by atoms with E-state index in [0.717, 1.165) is 53.8 Å². The summed E-state index contributed by atoms with van der Waals surface area (Å²) in [6.07, 6.45) is 4.05. The Labute approximate surface area is 212 Å². The largest absolute Gasteiger partial charge is 0.493 e. The fourth-order valence-electron chi connectivity index (χ4n) is 5.23. The van der Waals surface area contributed by atoms with Crippen LogP contribution in [0.1, 0.15) is 42.4 Å². The summed E-state index contributed by atoms with van der Waals surface area (Å²) >= 11 is 0. The van der Waals surface area contributed by atoms with Gasteiger partial charge in [-0.05, 0) is 54.3 Å².